The van der Waals surface area contributed by atoms with Crippen molar-refractivity contribution < 1.29 is 4.39 Å². The van der Waals surface area contributed by atoms with Crippen LogP contribution in [0.5, 0.6) is 0 Å². The molecule has 1 aromatic rings. The van der Waals surface area contributed by atoms with Crippen molar-refractivity contribution in [2.24, 2.45) is 5.73 Å². The van der Waals surface area contributed by atoms with E-state index in [-0.39, 0.29) is 5.41 Å². The van der Waals surface area contributed by atoms with E-state index in [1.165, 1.54) is 12.8 Å². The summed E-state index contributed by atoms with van der Waals surface area (Å²) in [6.45, 7) is 2.12. The first-order valence-electron chi connectivity index (χ1n) is 6.24. The molecule has 1 unspecified atom stereocenters. The number of hydrogen-bond donors (Lipinski definition) is 1. The smallest absolute Gasteiger partial charge is 0.124 e. The number of benzene rings is 1. The highest BCUT2D eigenvalue weighted by Gasteiger charge is 2.37. The normalized spacial score (nSPS) is 20.5. The molecule has 0 aliphatic heterocycles. The molecular weight excluding hydrogens is 237 g/mol. The molecule has 1 aliphatic rings. The third-order valence-corrected chi connectivity index (χ3v) is 4.30. The van der Waals surface area contributed by atoms with Gasteiger partial charge in [-0.3, -0.25) is 0 Å². The molecule has 94 valence electrons. The van der Waals surface area contributed by atoms with Gasteiger partial charge < -0.3 is 5.73 Å². The fourth-order valence-corrected chi connectivity index (χ4v) is 3.36. The molecule has 0 aromatic heterocycles. The molecule has 1 atom stereocenters. The van der Waals surface area contributed by atoms with Gasteiger partial charge in [0.25, 0.3) is 0 Å². The molecule has 2 rings (SSSR count). The molecule has 0 radical (unpaired) electrons. The standard InChI is InChI=1S/C14H19ClFN/c1-10(16)13-11(5-4-6-12(13)15)14(9-17)7-2-3-8-14/h4-6,10H,2-3,7-9,17H2,1H3. The average Bonchev–Trinajstić information content (AvgIpc) is 2.77. The van der Waals surface area contributed by atoms with Crippen molar-refractivity contribution in [2.45, 2.75) is 44.2 Å². The second kappa shape index (κ2) is 4.95. The van der Waals surface area contributed by atoms with E-state index in [0.29, 0.717) is 17.1 Å². The Morgan fingerprint density at radius 1 is 1.41 bits per heavy atom. The summed E-state index contributed by atoms with van der Waals surface area (Å²) in [5.74, 6) is 0. The van der Waals surface area contributed by atoms with Gasteiger partial charge in [-0.25, -0.2) is 4.39 Å². The summed E-state index contributed by atoms with van der Waals surface area (Å²) in [5.41, 5.74) is 7.57. The Kier molecular flexibility index (Phi) is 3.74. The van der Waals surface area contributed by atoms with Crippen LogP contribution in [0.15, 0.2) is 18.2 Å². The molecule has 1 aliphatic carbocycles. The minimum absolute atomic E-state index is 0.0550. The third kappa shape index (κ3) is 2.21. The molecular formula is C14H19ClFN. The van der Waals surface area contributed by atoms with E-state index >= 15 is 0 Å². The van der Waals surface area contributed by atoms with Crippen molar-refractivity contribution in [1.82, 2.24) is 0 Å². The predicted molar refractivity (Wildman–Crippen MR) is 70.2 cm³/mol. The third-order valence-electron chi connectivity index (χ3n) is 3.97. The molecule has 0 amide bonds. The van der Waals surface area contributed by atoms with Crippen LogP contribution in [0.25, 0.3) is 0 Å². The second-order valence-electron chi connectivity index (χ2n) is 5.01. The van der Waals surface area contributed by atoms with Gasteiger partial charge in [0.05, 0.1) is 0 Å². The van der Waals surface area contributed by atoms with Crippen molar-refractivity contribution in [1.29, 1.82) is 0 Å². The summed E-state index contributed by atoms with van der Waals surface area (Å²) in [7, 11) is 0. The van der Waals surface area contributed by atoms with Crippen LogP contribution in [0.4, 0.5) is 4.39 Å². The van der Waals surface area contributed by atoms with Crippen LogP contribution in [0, 0.1) is 0 Å². The van der Waals surface area contributed by atoms with Crippen molar-refractivity contribution in [2.75, 3.05) is 6.54 Å². The highest BCUT2D eigenvalue weighted by molar-refractivity contribution is 6.31. The topological polar surface area (TPSA) is 26.0 Å². The van der Waals surface area contributed by atoms with Gasteiger partial charge in [-0.05, 0) is 31.4 Å². The quantitative estimate of drug-likeness (QED) is 0.863. The molecule has 17 heavy (non-hydrogen) atoms. The van der Waals surface area contributed by atoms with Gasteiger partial charge in [-0.2, -0.15) is 0 Å². The van der Waals surface area contributed by atoms with Crippen LogP contribution in [0.3, 0.4) is 0 Å². The largest absolute Gasteiger partial charge is 0.330 e. The minimum Gasteiger partial charge on any atom is -0.330 e. The number of nitrogens with two attached hydrogens (primary N) is 1. The first kappa shape index (κ1) is 12.8. The Hall–Kier alpha value is -0.600. The van der Waals surface area contributed by atoms with Gasteiger partial charge in [0.1, 0.15) is 6.17 Å². The molecule has 1 aromatic carbocycles. The van der Waals surface area contributed by atoms with Gasteiger partial charge >= 0.3 is 0 Å². The Morgan fingerprint density at radius 2 is 2.06 bits per heavy atom. The highest BCUT2D eigenvalue weighted by Crippen LogP contribution is 2.45. The lowest BCUT2D eigenvalue weighted by atomic mass is 9.76. The van der Waals surface area contributed by atoms with E-state index in [0.717, 1.165) is 18.4 Å². The number of hydrogen-bond acceptors (Lipinski definition) is 1. The van der Waals surface area contributed by atoms with E-state index in [1.807, 2.05) is 12.1 Å². The molecule has 3 heteroatoms. The van der Waals surface area contributed by atoms with E-state index < -0.39 is 6.17 Å². The fourth-order valence-electron chi connectivity index (χ4n) is 3.04. The lowest BCUT2D eigenvalue weighted by molar-refractivity contribution is 0.359. The monoisotopic (exact) mass is 255 g/mol. The van der Waals surface area contributed by atoms with Crippen LogP contribution in [-0.2, 0) is 5.41 Å². The van der Waals surface area contributed by atoms with E-state index in [9.17, 15) is 4.39 Å². The van der Waals surface area contributed by atoms with Crippen LogP contribution in [-0.4, -0.2) is 6.54 Å². The fraction of sp³-hybridized carbons (Fsp3) is 0.571. The number of rotatable bonds is 3. The summed E-state index contributed by atoms with van der Waals surface area (Å²) in [6.07, 6.45) is 3.39. The molecule has 0 bridgehead atoms. The number of alkyl halides is 1. The molecule has 1 saturated carbocycles. The van der Waals surface area contributed by atoms with Crippen molar-refractivity contribution >= 4 is 11.6 Å². The van der Waals surface area contributed by atoms with E-state index in [2.05, 4.69) is 0 Å². The molecule has 0 spiro atoms. The maximum absolute atomic E-state index is 13.8. The summed E-state index contributed by atoms with van der Waals surface area (Å²) >= 11 is 6.14. The molecule has 2 N–H and O–H groups in total. The lowest BCUT2D eigenvalue weighted by Gasteiger charge is -2.31. The van der Waals surface area contributed by atoms with Gasteiger partial charge in [0.2, 0.25) is 0 Å². The number of halogens is 2. The zero-order valence-electron chi connectivity index (χ0n) is 10.2. The van der Waals surface area contributed by atoms with Crippen LogP contribution in [0.1, 0.15) is 49.9 Å². The maximum atomic E-state index is 13.8. The highest BCUT2D eigenvalue weighted by atomic mass is 35.5. The van der Waals surface area contributed by atoms with E-state index in [4.69, 9.17) is 17.3 Å². The van der Waals surface area contributed by atoms with Crippen molar-refractivity contribution in [3.8, 4) is 0 Å². The Balaban J connectivity index is 2.54. The summed E-state index contributed by atoms with van der Waals surface area (Å²) in [5, 5.41) is 0.525. The zero-order valence-corrected chi connectivity index (χ0v) is 10.9. The van der Waals surface area contributed by atoms with Gasteiger partial charge in [0, 0.05) is 22.5 Å². The van der Waals surface area contributed by atoms with Crippen LogP contribution in [0.2, 0.25) is 5.02 Å². The van der Waals surface area contributed by atoms with Crippen molar-refractivity contribution in [3.05, 3.63) is 34.3 Å². The molecule has 0 saturated heterocycles. The maximum Gasteiger partial charge on any atom is 0.124 e. The Bertz CT molecular complexity index is 397. The molecule has 1 nitrogen and oxygen atoms in total. The van der Waals surface area contributed by atoms with Crippen LogP contribution >= 0.6 is 11.6 Å². The van der Waals surface area contributed by atoms with Crippen molar-refractivity contribution in [3.63, 3.8) is 0 Å². The SMILES string of the molecule is CC(F)c1c(Cl)cccc1C1(CN)CCCC1. The minimum atomic E-state index is -1.04. The van der Waals surface area contributed by atoms with E-state index in [1.54, 1.807) is 13.0 Å². The summed E-state index contributed by atoms with van der Waals surface area (Å²) in [6, 6.07) is 5.66. The lowest BCUT2D eigenvalue weighted by Crippen LogP contribution is -2.33. The zero-order chi connectivity index (χ0) is 12.5. The van der Waals surface area contributed by atoms with Crippen LogP contribution < -0.4 is 5.73 Å². The second-order valence-corrected chi connectivity index (χ2v) is 5.42. The summed E-state index contributed by atoms with van der Waals surface area (Å²) < 4.78 is 13.8. The Morgan fingerprint density at radius 3 is 2.59 bits per heavy atom. The van der Waals surface area contributed by atoms with Gasteiger partial charge in [0.15, 0.2) is 0 Å². The first-order chi connectivity index (χ1) is 8.10. The van der Waals surface area contributed by atoms with Gasteiger partial charge in [-0.1, -0.05) is 36.6 Å². The van der Waals surface area contributed by atoms with Gasteiger partial charge in [-0.15, -0.1) is 0 Å². The predicted octanol–water partition coefficient (Wildman–Crippen LogP) is 4.14. The Labute approximate surface area is 107 Å². The molecule has 0 heterocycles. The first-order valence-corrected chi connectivity index (χ1v) is 6.61. The molecule has 1 fully saturated rings. The summed E-state index contributed by atoms with van der Waals surface area (Å²) in [4.78, 5) is 0. The average molecular weight is 256 g/mol.